The number of nitrogens with one attached hydrogen (secondary N) is 1. The van der Waals surface area contributed by atoms with E-state index in [-0.39, 0.29) is 10.8 Å². The van der Waals surface area contributed by atoms with Crippen molar-refractivity contribution in [3.8, 4) is 0 Å². The Morgan fingerprint density at radius 2 is 1.35 bits per heavy atom. The van der Waals surface area contributed by atoms with Crippen molar-refractivity contribution in [2.45, 2.75) is 19.4 Å². The van der Waals surface area contributed by atoms with Crippen LogP contribution in [0.4, 0.5) is 11.4 Å². The highest BCUT2D eigenvalue weighted by molar-refractivity contribution is 6.03. The van der Waals surface area contributed by atoms with Crippen molar-refractivity contribution in [3.63, 3.8) is 0 Å². The molecule has 1 aliphatic rings. The van der Waals surface area contributed by atoms with E-state index in [1.165, 1.54) is 12.1 Å². The number of fused-ring (bicyclic) bond motifs is 3. The van der Waals surface area contributed by atoms with Crippen LogP contribution in [0.15, 0.2) is 82.4 Å². The maximum Gasteiger partial charge on any atom is 0.328 e. The number of hydrogen-bond donors (Lipinski definition) is 1. The van der Waals surface area contributed by atoms with Crippen molar-refractivity contribution in [1.29, 1.82) is 0 Å². The van der Waals surface area contributed by atoms with Crippen LogP contribution in [0.25, 0.3) is 10.8 Å². The molecule has 4 aromatic rings. The Kier molecular flexibility index (Phi) is 5.55. The zero-order chi connectivity index (χ0) is 23.7. The van der Waals surface area contributed by atoms with E-state index in [0.717, 1.165) is 40.0 Å². The van der Waals surface area contributed by atoms with Gasteiger partial charge < -0.3 is 4.74 Å². The molecule has 0 aliphatic carbocycles. The number of benzene rings is 3. The summed E-state index contributed by atoms with van der Waals surface area (Å²) >= 11 is 0. The van der Waals surface area contributed by atoms with Crippen molar-refractivity contribution >= 4 is 34.0 Å². The fourth-order valence-corrected chi connectivity index (χ4v) is 4.29. The first-order valence-corrected chi connectivity index (χ1v) is 10.9. The summed E-state index contributed by atoms with van der Waals surface area (Å²) in [6.07, 6.45) is 1.57. The molecule has 0 atom stereocenters. The van der Waals surface area contributed by atoms with Crippen LogP contribution in [0.3, 0.4) is 0 Å². The molecule has 5 rings (SSSR count). The number of para-hydroxylation sites is 2. The first kappa shape index (κ1) is 21.4. The molecule has 2 heterocycles. The fourth-order valence-electron chi connectivity index (χ4n) is 4.29. The van der Waals surface area contributed by atoms with Crippen LogP contribution < -0.4 is 16.0 Å². The monoisotopic (exact) mass is 455 g/mol. The van der Waals surface area contributed by atoms with E-state index >= 15 is 0 Å². The van der Waals surface area contributed by atoms with Gasteiger partial charge in [-0.25, -0.2) is 4.68 Å². The normalized spacial score (nSPS) is 12.5. The molecular weight excluding hydrogens is 434 g/mol. The second kappa shape index (κ2) is 8.82. The van der Waals surface area contributed by atoms with Crippen LogP contribution in [0.1, 0.15) is 11.1 Å². The molecule has 1 N–H and O–H groups in total. The molecule has 0 unspecified atom stereocenters. The number of ether oxygens (including phenoxy) is 1. The number of carbonyl (C=O) groups excluding carboxylic acids is 2. The third kappa shape index (κ3) is 3.90. The number of aromatic nitrogens is 2. The van der Waals surface area contributed by atoms with E-state index in [1.54, 1.807) is 17.0 Å². The minimum Gasteiger partial charge on any atom is -0.454 e. The number of rotatable bonds is 4. The van der Waals surface area contributed by atoms with Gasteiger partial charge in [0, 0.05) is 0 Å². The topological polar surface area (TPSA) is 101 Å². The van der Waals surface area contributed by atoms with Gasteiger partial charge in [0.15, 0.2) is 6.61 Å². The Morgan fingerprint density at radius 3 is 2.00 bits per heavy atom. The Balaban J connectivity index is 1.37. The maximum absolute atomic E-state index is 13.3. The van der Waals surface area contributed by atoms with Gasteiger partial charge in [-0.15, -0.1) is 0 Å². The second-order valence-electron chi connectivity index (χ2n) is 8.03. The number of H-pyrrole nitrogens is 1. The van der Waals surface area contributed by atoms with Crippen LogP contribution in [-0.4, -0.2) is 28.3 Å². The molecule has 8 heteroatoms. The maximum atomic E-state index is 13.3. The van der Waals surface area contributed by atoms with E-state index in [9.17, 15) is 19.2 Å². The lowest BCUT2D eigenvalue weighted by Crippen LogP contribution is -2.35. The van der Waals surface area contributed by atoms with Crippen LogP contribution >= 0.6 is 0 Å². The largest absolute Gasteiger partial charge is 0.454 e. The average molecular weight is 455 g/mol. The van der Waals surface area contributed by atoms with E-state index in [0.29, 0.717) is 0 Å². The Hall–Kier alpha value is -4.46. The van der Waals surface area contributed by atoms with Gasteiger partial charge in [0.2, 0.25) is 0 Å². The van der Waals surface area contributed by atoms with Crippen molar-refractivity contribution in [1.82, 2.24) is 9.78 Å². The predicted octanol–water partition coefficient (Wildman–Crippen LogP) is 2.70. The number of esters is 1. The van der Waals surface area contributed by atoms with Gasteiger partial charge in [-0.1, -0.05) is 48.5 Å². The first-order valence-electron chi connectivity index (χ1n) is 10.9. The Labute approximate surface area is 194 Å². The molecule has 1 aliphatic heterocycles. The van der Waals surface area contributed by atoms with Crippen LogP contribution in [0, 0.1) is 0 Å². The molecular formula is C26H21N3O5. The third-order valence-electron chi connectivity index (χ3n) is 5.91. The highest BCUT2D eigenvalue weighted by Crippen LogP contribution is 2.35. The molecule has 0 saturated carbocycles. The lowest BCUT2D eigenvalue weighted by Gasteiger charge is -2.24. The molecule has 34 heavy (non-hydrogen) atoms. The van der Waals surface area contributed by atoms with Gasteiger partial charge in [0.1, 0.15) is 6.54 Å². The van der Waals surface area contributed by atoms with Gasteiger partial charge >= 0.3 is 5.97 Å². The third-order valence-corrected chi connectivity index (χ3v) is 5.91. The van der Waals surface area contributed by atoms with Gasteiger partial charge in [0.05, 0.1) is 22.1 Å². The number of amides is 1. The Morgan fingerprint density at radius 1 is 0.794 bits per heavy atom. The average Bonchev–Trinajstić information content (AvgIpc) is 3.03. The second-order valence-corrected chi connectivity index (χ2v) is 8.03. The lowest BCUT2D eigenvalue weighted by molar-refractivity contribution is -0.148. The minimum absolute atomic E-state index is 0.202. The summed E-state index contributed by atoms with van der Waals surface area (Å²) in [6.45, 7) is -1.02. The van der Waals surface area contributed by atoms with Gasteiger partial charge in [0.25, 0.3) is 17.0 Å². The van der Waals surface area contributed by atoms with Gasteiger partial charge in [-0.2, -0.15) is 0 Å². The molecule has 0 bridgehead atoms. The standard InChI is InChI=1S/C26H21N3O5/c30-23(29-21-11-5-1-7-17(21)13-14-18-8-2-6-12-22(18)29)16-34-24(31)15-28-26(33)20-10-4-3-9-19(20)25(32)27-28/h1-12H,13-16H2,(H,27,32). The smallest absolute Gasteiger partial charge is 0.328 e. The summed E-state index contributed by atoms with van der Waals surface area (Å²) in [5.41, 5.74) is 2.55. The Bertz CT molecular complexity index is 1490. The molecule has 3 aromatic carbocycles. The van der Waals surface area contributed by atoms with E-state index < -0.39 is 36.1 Å². The summed E-state index contributed by atoms with van der Waals surface area (Å²) in [7, 11) is 0. The molecule has 0 saturated heterocycles. The van der Waals surface area contributed by atoms with E-state index in [4.69, 9.17) is 4.74 Å². The van der Waals surface area contributed by atoms with Crippen molar-refractivity contribution in [2.24, 2.45) is 0 Å². The summed E-state index contributed by atoms with van der Waals surface area (Å²) in [6, 6.07) is 21.6. The summed E-state index contributed by atoms with van der Waals surface area (Å²) < 4.78 is 6.12. The number of aromatic amines is 1. The van der Waals surface area contributed by atoms with Crippen molar-refractivity contribution in [2.75, 3.05) is 11.5 Å². The molecule has 170 valence electrons. The first-order chi connectivity index (χ1) is 16.5. The van der Waals surface area contributed by atoms with Gasteiger partial charge in [-0.3, -0.25) is 29.2 Å². The molecule has 0 fully saturated rings. The summed E-state index contributed by atoms with van der Waals surface area (Å²) in [5.74, 6) is -1.22. The quantitative estimate of drug-likeness (QED) is 0.477. The van der Waals surface area contributed by atoms with Crippen molar-refractivity contribution < 1.29 is 14.3 Å². The number of hydrogen-bond acceptors (Lipinski definition) is 5. The minimum atomic E-state index is -0.808. The van der Waals surface area contributed by atoms with E-state index in [2.05, 4.69) is 5.10 Å². The number of carbonyl (C=O) groups is 2. The van der Waals surface area contributed by atoms with Crippen molar-refractivity contribution in [3.05, 3.63) is 105 Å². The molecule has 8 nitrogen and oxygen atoms in total. The SMILES string of the molecule is O=C(Cn1[nH]c(=O)c2ccccc2c1=O)OCC(=O)N1c2ccccc2CCc2ccccc21. The van der Waals surface area contributed by atoms with Crippen LogP contribution in [0.5, 0.6) is 0 Å². The number of nitrogens with zero attached hydrogens (tertiary/aromatic N) is 2. The fraction of sp³-hybridized carbons (Fsp3) is 0.154. The molecule has 0 spiro atoms. The summed E-state index contributed by atoms with van der Waals surface area (Å²) in [5, 5.41) is 2.83. The van der Waals surface area contributed by atoms with Crippen LogP contribution in [-0.2, 0) is 33.7 Å². The van der Waals surface area contributed by atoms with Gasteiger partial charge in [-0.05, 0) is 48.2 Å². The molecule has 0 radical (unpaired) electrons. The zero-order valence-corrected chi connectivity index (χ0v) is 18.2. The van der Waals surface area contributed by atoms with E-state index in [1.807, 2.05) is 48.5 Å². The highest BCUT2D eigenvalue weighted by Gasteiger charge is 2.26. The zero-order valence-electron chi connectivity index (χ0n) is 18.2. The molecule has 1 amide bonds. The number of anilines is 2. The lowest BCUT2D eigenvalue weighted by atomic mass is 10.0. The number of aryl methyl sites for hydroxylation is 2. The predicted molar refractivity (Wildman–Crippen MR) is 127 cm³/mol. The summed E-state index contributed by atoms with van der Waals surface area (Å²) in [4.78, 5) is 52.2. The highest BCUT2D eigenvalue weighted by atomic mass is 16.5. The molecule has 1 aromatic heterocycles. The van der Waals surface area contributed by atoms with Crippen LogP contribution in [0.2, 0.25) is 0 Å².